The summed E-state index contributed by atoms with van der Waals surface area (Å²) in [6.45, 7) is 5.35. The van der Waals surface area contributed by atoms with Crippen LogP contribution in [-0.4, -0.2) is 59.9 Å². The molecular formula is C26H27N5O2. The monoisotopic (exact) mass is 441 g/mol. The summed E-state index contributed by atoms with van der Waals surface area (Å²) in [6, 6.07) is 25.7. The maximum Gasteiger partial charge on any atom is 0.271 e. The first-order chi connectivity index (χ1) is 16.3. The summed E-state index contributed by atoms with van der Waals surface area (Å²) in [4.78, 5) is 17.6. The number of piperazine rings is 1. The van der Waals surface area contributed by atoms with Gasteiger partial charge in [-0.15, -0.1) is 0 Å². The van der Waals surface area contributed by atoms with Crippen LogP contribution < -0.4 is 10.2 Å². The molecule has 1 amide bonds. The lowest BCUT2D eigenvalue weighted by Gasteiger charge is -2.36. The zero-order chi connectivity index (χ0) is 22.5. The molecule has 33 heavy (non-hydrogen) atoms. The van der Waals surface area contributed by atoms with Gasteiger partial charge in [-0.05, 0) is 36.4 Å². The van der Waals surface area contributed by atoms with Crippen LogP contribution in [0.5, 0.6) is 0 Å². The minimum Gasteiger partial charge on any atom is -0.463 e. The molecule has 1 aliphatic rings. The number of para-hydroxylation sites is 2. The van der Waals surface area contributed by atoms with Crippen LogP contribution in [0, 0.1) is 0 Å². The van der Waals surface area contributed by atoms with Crippen LogP contribution in [-0.2, 0) is 0 Å². The molecule has 7 heteroatoms. The van der Waals surface area contributed by atoms with E-state index in [1.54, 1.807) is 17.0 Å². The molecule has 5 rings (SSSR count). The molecule has 0 radical (unpaired) electrons. The lowest BCUT2D eigenvalue weighted by Crippen LogP contribution is -2.48. The van der Waals surface area contributed by atoms with Gasteiger partial charge in [0.05, 0.1) is 12.0 Å². The number of hydrogen-bond donors (Lipinski definition) is 1. The van der Waals surface area contributed by atoms with Gasteiger partial charge in [0, 0.05) is 51.0 Å². The molecule has 2 aromatic carbocycles. The third-order valence-corrected chi connectivity index (χ3v) is 5.92. The van der Waals surface area contributed by atoms with Crippen LogP contribution in [0.3, 0.4) is 0 Å². The van der Waals surface area contributed by atoms with E-state index in [1.807, 2.05) is 48.5 Å². The summed E-state index contributed by atoms with van der Waals surface area (Å²) in [7, 11) is 0. The zero-order valence-electron chi connectivity index (χ0n) is 18.4. The second-order valence-corrected chi connectivity index (χ2v) is 8.06. The molecule has 0 bridgehead atoms. The van der Waals surface area contributed by atoms with E-state index in [0.29, 0.717) is 18.0 Å². The summed E-state index contributed by atoms with van der Waals surface area (Å²) in [5.74, 6) is 0.488. The highest BCUT2D eigenvalue weighted by molar-refractivity contribution is 5.93. The Morgan fingerprint density at radius 2 is 1.58 bits per heavy atom. The Morgan fingerprint density at radius 3 is 2.24 bits per heavy atom. The minimum absolute atomic E-state index is 0.180. The number of nitrogens with zero attached hydrogens (tertiary/aromatic N) is 4. The third kappa shape index (κ3) is 4.83. The zero-order valence-corrected chi connectivity index (χ0v) is 18.4. The summed E-state index contributed by atoms with van der Waals surface area (Å²) in [5.41, 5.74) is 3.26. The fourth-order valence-electron chi connectivity index (χ4n) is 4.14. The van der Waals surface area contributed by atoms with Gasteiger partial charge < -0.3 is 14.6 Å². The molecule has 1 fully saturated rings. The van der Waals surface area contributed by atoms with Crippen molar-refractivity contribution in [2.24, 2.45) is 0 Å². The molecule has 1 aliphatic heterocycles. The van der Waals surface area contributed by atoms with Gasteiger partial charge in [-0.1, -0.05) is 36.4 Å². The van der Waals surface area contributed by atoms with Crippen LogP contribution in [0.15, 0.2) is 89.5 Å². The highest BCUT2D eigenvalue weighted by Crippen LogP contribution is 2.24. The van der Waals surface area contributed by atoms with Crippen LogP contribution in [0.4, 0.5) is 5.69 Å². The van der Waals surface area contributed by atoms with Crippen LogP contribution in [0.1, 0.15) is 10.5 Å². The largest absolute Gasteiger partial charge is 0.463 e. The summed E-state index contributed by atoms with van der Waals surface area (Å²) in [6.07, 6.45) is 1.62. The number of anilines is 1. The topological polar surface area (TPSA) is 66.5 Å². The van der Waals surface area contributed by atoms with Crippen molar-refractivity contribution in [1.82, 2.24) is 20.0 Å². The van der Waals surface area contributed by atoms with Gasteiger partial charge in [-0.2, -0.15) is 5.10 Å². The van der Waals surface area contributed by atoms with E-state index >= 15 is 0 Å². The van der Waals surface area contributed by atoms with Crippen molar-refractivity contribution >= 4 is 11.6 Å². The highest BCUT2D eigenvalue weighted by Gasteiger charge is 2.20. The first-order valence-corrected chi connectivity index (χ1v) is 11.3. The quantitative estimate of drug-likeness (QED) is 0.474. The normalized spacial score (nSPS) is 14.4. The van der Waals surface area contributed by atoms with Gasteiger partial charge in [0.1, 0.15) is 5.69 Å². The molecule has 0 saturated carbocycles. The van der Waals surface area contributed by atoms with Gasteiger partial charge in [-0.25, -0.2) is 4.68 Å². The number of amides is 1. The molecule has 1 saturated heterocycles. The first-order valence-electron chi connectivity index (χ1n) is 11.3. The molecule has 1 N–H and O–H groups in total. The molecule has 0 atom stereocenters. The number of furan rings is 1. The Morgan fingerprint density at radius 1 is 0.879 bits per heavy atom. The van der Waals surface area contributed by atoms with Crippen LogP contribution >= 0.6 is 0 Å². The summed E-state index contributed by atoms with van der Waals surface area (Å²) < 4.78 is 7.32. The SMILES string of the molecule is O=C(NCCN1CCN(c2ccccc2)CC1)c1cc(-c2ccco2)n(-c2ccccc2)n1. The average molecular weight is 442 g/mol. The highest BCUT2D eigenvalue weighted by atomic mass is 16.3. The predicted octanol–water partition coefficient (Wildman–Crippen LogP) is 3.68. The Balaban J connectivity index is 1.19. The second-order valence-electron chi connectivity index (χ2n) is 8.06. The Hall–Kier alpha value is -3.84. The fraction of sp³-hybridized carbons (Fsp3) is 0.231. The van der Waals surface area contributed by atoms with Crippen LogP contribution in [0.25, 0.3) is 17.1 Å². The number of rotatable bonds is 7. The van der Waals surface area contributed by atoms with Gasteiger partial charge in [0.25, 0.3) is 5.91 Å². The number of carbonyl (C=O) groups is 1. The van der Waals surface area contributed by atoms with Crippen molar-refractivity contribution in [1.29, 1.82) is 0 Å². The molecule has 0 aliphatic carbocycles. The molecule has 0 spiro atoms. The van der Waals surface area contributed by atoms with Crippen molar-refractivity contribution in [3.8, 4) is 17.1 Å². The van der Waals surface area contributed by atoms with E-state index in [1.165, 1.54) is 5.69 Å². The van der Waals surface area contributed by atoms with Gasteiger partial charge in [0.2, 0.25) is 0 Å². The second kappa shape index (κ2) is 9.75. The summed E-state index contributed by atoms with van der Waals surface area (Å²) >= 11 is 0. The number of carbonyl (C=O) groups excluding carboxylic acids is 1. The van der Waals surface area contributed by atoms with E-state index in [4.69, 9.17) is 4.42 Å². The summed E-state index contributed by atoms with van der Waals surface area (Å²) in [5, 5.41) is 7.60. The number of benzene rings is 2. The van der Waals surface area contributed by atoms with E-state index in [0.717, 1.165) is 44.1 Å². The maximum atomic E-state index is 12.8. The number of nitrogens with one attached hydrogen (secondary N) is 1. The van der Waals surface area contributed by atoms with Crippen molar-refractivity contribution < 1.29 is 9.21 Å². The molecule has 4 aromatic rings. The lowest BCUT2D eigenvalue weighted by molar-refractivity contribution is 0.0942. The standard InChI is InChI=1S/C26H27N5O2/c32-26(27-13-14-29-15-17-30(18-16-29)21-8-3-1-4-9-21)23-20-24(25-12-7-19-33-25)31(28-23)22-10-5-2-6-11-22/h1-12,19-20H,13-18H2,(H,27,32). The molecule has 0 unspecified atom stereocenters. The fourth-order valence-corrected chi connectivity index (χ4v) is 4.14. The van der Waals surface area contributed by atoms with E-state index in [-0.39, 0.29) is 5.91 Å². The number of aromatic nitrogens is 2. The predicted molar refractivity (Wildman–Crippen MR) is 129 cm³/mol. The minimum atomic E-state index is -0.180. The van der Waals surface area contributed by atoms with Crippen molar-refractivity contribution in [2.75, 3.05) is 44.2 Å². The Bertz CT molecular complexity index is 1160. The smallest absolute Gasteiger partial charge is 0.271 e. The van der Waals surface area contributed by atoms with Gasteiger partial charge >= 0.3 is 0 Å². The third-order valence-electron chi connectivity index (χ3n) is 5.92. The Labute approximate surface area is 193 Å². The lowest BCUT2D eigenvalue weighted by atomic mass is 10.2. The first kappa shape index (κ1) is 21.0. The van der Waals surface area contributed by atoms with Crippen molar-refractivity contribution in [2.45, 2.75) is 0 Å². The maximum absolute atomic E-state index is 12.8. The average Bonchev–Trinajstić information content (AvgIpc) is 3.56. The molecule has 3 heterocycles. The number of hydrogen-bond acceptors (Lipinski definition) is 5. The van der Waals surface area contributed by atoms with Gasteiger partial charge in [-0.3, -0.25) is 9.69 Å². The van der Waals surface area contributed by atoms with Gasteiger partial charge in [0.15, 0.2) is 11.5 Å². The van der Waals surface area contributed by atoms with Crippen molar-refractivity contribution in [3.63, 3.8) is 0 Å². The molecule has 2 aromatic heterocycles. The molecular weight excluding hydrogens is 414 g/mol. The molecule has 7 nitrogen and oxygen atoms in total. The Kier molecular flexibility index (Phi) is 6.21. The van der Waals surface area contributed by atoms with E-state index in [9.17, 15) is 4.79 Å². The molecule has 168 valence electrons. The van der Waals surface area contributed by atoms with Crippen LogP contribution in [0.2, 0.25) is 0 Å². The van der Waals surface area contributed by atoms with Crippen molar-refractivity contribution in [3.05, 3.63) is 90.8 Å². The van der Waals surface area contributed by atoms with E-state index in [2.05, 4.69) is 44.5 Å². The van der Waals surface area contributed by atoms with E-state index < -0.39 is 0 Å².